The average Bonchev–Trinajstić information content (AvgIpc) is 2.35. The molecule has 0 aliphatic heterocycles. The van der Waals surface area contributed by atoms with Crippen LogP contribution in [0.15, 0.2) is 18.2 Å². The van der Waals surface area contributed by atoms with E-state index in [0.29, 0.717) is 0 Å². The summed E-state index contributed by atoms with van der Waals surface area (Å²) in [4.78, 5) is 11.4. The van der Waals surface area contributed by atoms with E-state index in [1.54, 1.807) is 13.8 Å². The second-order valence-corrected chi connectivity index (χ2v) is 5.80. The normalized spacial score (nSPS) is 12.2. The maximum Gasteiger partial charge on any atom is 0.491 e. The molecule has 21 heavy (non-hydrogen) atoms. The van der Waals surface area contributed by atoms with Crippen molar-refractivity contribution in [3.8, 4) is 0 Å². The van der Waals surface area contributed by atoms with Gasteiger partial charge in [-0.25, -0.2) is 9.18 Å². The topological polar surface area (TPSA) is 76.0 Å². The van der Waals surface area contributed by atoms with Gasteiger partial charge in [0.15, 0.2) is 0 Å². The summed E-state index contributed by atoms with van der Waals surface area (Å²) in [6.07, 6.45) is 0. The van der Waals surface area contributed by atoms with Crippen molar-refractivity contribution in [3.63, 3.8) is 0 Å². The molecule has 0 amide bonds. The molecule has 0 saturated heterocycles. The maximum absolute atomic E-state index is 13.5. The van der Waals surface area contributed by atoms with E-state index in [1.165, 1.54) is 27.0 Å². The van der Waals surface area contributed by atoms with E-state index >= 15 is 0 Å². The van der Waals surface area contributed by atoms with E-state index in [-0.39, 0.29) is 11.0 Å². The number of hydrogen-bond donors (Lipinski definition) is 2. The molecule has 0 heterocycles. The van der Waals surface area contributed by atoms with E-state index in [9.17, 15) is 19.3 Å². The highest BCUT2D eigenvalue weighted by Crippen LogP contribution is 2.25. The van der Waals surface area contributed by atoms with Crippen molar-refractivity contribution in [1.82, 2.24) is 0 Å². The highest BCUT2D eigenvalue weighted by atomic mass is 19.1. The summed E-state index contributed by atoms with van der Waals surface area (Å²) < 4.78 is 23.4. The highest BCUT2D eigenvalue weighted by molar-refractivity contribution is 6.60. The molecule has 1 rings (SSSR count). The largest absolute Gasteiger partial charge is 0.491 e. The first kappa shape index (κ1) is 17.6. The summed E-state index contributed by atoms with van der Waals surface area (Å²) in [6, 6.07) is 3.33. The molecule has 0 aliphatic carbocycles. The van der Waals surface area contributed by atoms with E-state index in [4.69, 9.17) is 4.65 Å². The second-order valence-electron chi connectivity index (χ2n) is 5.80. The predicted molar refractivity (Wildman–Crippen MR) is 76.8 cm³/mol. The van der Waals surface area contributed by atoms with Gasteiger partial charge in [-0.05, 0) is 51.4 Å². The summed E-state index contributed by atoms with van der Waals surface area (Å²) in [7, 11) is -0.317. The first-order valence-electron chi connectivity index (χ1n) is 6.45. The Morgan fingerprint density at radius 1 is 1.24 bits per heavy atom. The smallest absolute Gasteiger partial charge is 0.465 e. The minimum atomic E-state index is -1.49. The Morgan fingerprint density at radius 3 is 2.29 bits per heavy atom. The second kappa shape index (κ2) is 6.13. The molecule has 0 fully saturated rings. The Hall–Kier alpha value is -1.44. The van der Waals surface area contributed by atoms with Crippen LogP contribution in [0.2, 0.25) is 0 Å². The lowest BCUT2D eigenvalue weighted by Crippen LogP contribution is -2.53. The van der Waals surface area contributed by atoms with Crippen LogP contribution in [0, 0.1) is 5.82 Å². The van der Waals surface area contributed by atoms with Crippen molar-refractivity contribution in [2.45, 2.75) is 38.9 Å². The fourth-order valence-electron chi connectivity index (χ4n) is 1.48. The molecule has 0 aromatic heterocycles. The zero-order valence-electron chi connectivity index (χ0n) is 12.8. The highest BCUT2D eigenvalue weighted by Gasteiger charge is 2.39. The number of methoxy groups -OCH3 is 1. The summed E-state index contributed by atoms with van der Waals surface area (Å²) in [5.41, 5.74) is -2.29. The van der Waals surface area contributed by atoms with E-state index in [0.717, 1.165) is 12.1 Å². The Balaban J connectivity index is 3.06. The maximum atomic E-state index is 13.5. The first-order valence-corrected chi connectivity index (χ1v) is 6.45. The monoisotopic (exact) mass is 298 g/mol. The molecule has 0 unspecified atom stereocenters. The number of carbonyl (C=O) groups is 1. The minimum Gasteiger partial charge on any atom is -0.465 e. The SMILES string of the molecule is COC(=O)c1cc(F)cc(B(O)OC(C)(C)C(C)(C)O)c1. The van der Waals surface area contributed by atoms with Gasteiger partial charge in [-0.15, -0.1) is 0 Å². The molecule has 0 saturated carbocycles. The van der Waals surface area contributed by atoms with Crippen molar-refractivity contribution in [2.24, 2.45) is 0 Å². The van der Waals surface area contributed by atoms with Crippen LogP contribution in [0.25, 0.3) is 0 Å². The van der Waals surface area contributed by atoms with Crippen LogP contribution >= 0.6 is 0 Å². The van der Waals surface area contributed by atoms with Crippen molar-refractivity contribution in [1.29, 1.82) is 0 Å². The number of carbonyl (C=O) groups excluding carboxylic acids is 1. The molecule has 0 radical (unpaired) electrons. The molecule has 2 N–H and O–H groups in total. The summed E-state index contributed by atoms with van der Waals surface area (Å²) >= 11 is 0. The Kier molecular flexibility index (Phi) is 5.14. The fraction of sp³-hybridized carbons (Fsp3) is 0.500. The molecule has 7 heteroatoms. The number of esters is 1. The fourth-order valence-corrected chi connectivity index (χ4v) is 1.48. The van der Waals surface area contributed by atoms with Gasteiger partial charge in [-0.1, -0.05) is 0 Å². The number of aliphatic hydroxyl groups is 1. The molecular formula is C14H20BFO5. The van der Waals surface area contributed by atoms with Gasteiger partial charge < -0.3 is 19.5 Å². The van der Waals surface area contributed by atoms with Crippen LogP contribution in [0.5, 0.6) is 0 Å². The third kappa shape index (κ3) is 4.26. The van der Waals surface area contributed by atoms with Gasteiger partial charge >= 0.3 is 13.1 Å². The van der Waals surface area contributed by atoms with Gasteiger partial charge in [0.05, 0.1) is 23.9 Å². The summed E-state index contributed by atoms with van der Waals surface area (Å²) in [5.74, 6) is -1.42. The van der Waals surface area contributed by atoms with Gasteiger partial charge in [0, 0.05) is 0 Å². The van der Waals surface area contributed by atoms with E-state index in [1.807, 2.05) is 0 Å². The summed E-state index contributed by atoms with van der Waals surface area (Å²) in [5, 5.41) is 20.1. The third-order valence-corrected chi connectivity index (χ3v) is 3.51. The lowest BCUT2D eigenvalue weighted by Gasteiger charge is -2.38. The molecule has 0 atom stereocenters. The number of benzene rings is 1. The number of halogens is 1. The van der Waals surface area contributed by atoms with E-state index < -0.39 is 30.1 Å². The van der Waals surface area contributed by atoms with Gasteiger partial charge in [-0.2, -0.15) is 0 Å². The van der Waals surface area contributed by atoms with Gasteiger partial charge in [0.2, 0.25) is 0 Å². The number of ether oxygens (including phenoxy) is 1. The number of hydrogen-bond acceptors (Lipinski definition) is 5. The molecule has 0 spiro atoms. The van der Waals surface area contributed by atoms with Crippen molar-refractivity contribution >= 4 is 18.6 Å². The zero-order chi connectivity index (χ0) is 16.4. The van der Waals surface area contributed by atoms with Crippen LogP contribution in [-0.2, 0) is 9.39 Å². The zero-order valence-corrected chi connectivity index (χ0v) is 12.8. The molecule has 0 aliphatic rings. The minimum absolute atomic E-state index is 0.0313. The van der Waals surface area contributed by atoms with Gasteiger partial charge in [0.1, 0.15) is 5.82 Å². The van der Waals surface area contributed by atoms with Crippen LogP contribution in [0.4, 0.5) is 4.39 Å². The molecule has 1 aromatic rings. The van der Waals surface area contributed by atoms with Crippen LogP contribution in [-0.4, -0.2) is 41.5 Å². The molecule has 5 nitrogen and oxygen atoms in total. The van der Waals surface area contributed by atoms with Gasteiger partial charge in [0.25, 0.3) is 0 Å². The standard InChI is InChI=1S/C14H20BFO5/c1-13(2,18)14(3,4)21-15(19)10-6-9(12(17)20-5)7-11(16)8-10/h6-8,18-19H,1-5H3. The Bertz CT molecular complexity index is 525. The predicted octanol–water partition coefficient (Wildman–Crippen LogP) is 0.866. The Labute approximate surface area is 123 Å². The third-order valence-electron chi connectivity index (χ3n) is 3.51. The lowest BCUT2D eigenvalue weighted by molar-refractivity contribution is -0.0982. The van der Waals surface area contributed by atoms with Crippen LogP contribution in [0.3, 0.4) is 0 Å². The lowest BCUT2D eigenvalue weighted by atomic mass is 9.76. The van der Waals surface area contributed by atoms with E-state index in [2.05, 4.69) is 4.74 Å². The molecule has 0 bridgehead atoms. The Morgan fingerprint density at radius 2 is 1.81 bits per heavy atom. The first-order chi connectivity index (χ1) is 9.48. The van der Waals surface area contributed by atoms with Gasteiger partial charge in [-0.3, -0.25) is 0 Å². The average molecular weight is 298 g/mol. The van der Waals surface area contributed by atoms with Crippen LogP contribution in [0.1, 0.15) is 38.1 Å². The van der Waals surface area contributed by atoms with Crippen LogP contribution < -0.4 is 5.46 Å². The van der Waals surface area contributed by atoms with Crippen molar-refractivity contribution in [2.75, 3.05) is 7.11 Å². The summed E-state index contributed by atoms with van der Waals surface area (Å²) in [6.45, 7) is 6.25. The number of rotatable bonds is 5. The quantitative estimate of drug-likeness (QED) is 0.623. The molecular weight excluding hydrogens is 278 g/mol. The van der Waals surface area contributed by atoms with Crippen molar-refractivity contribution < 1.29 is 28.7 Å². The van der Waals surface area contributed by atoms with Crippen molar-refractivity contribution in [3.05, 3.63) is 29.6 Å². The molecule has 1 aromatic carbocycles. The molecule has 116 valence electrons.